The molecular weight excluding hydrogens is 336 g/mol. The molecule has 1 aromatic heterocycles. The molecule has 0 saturated carbocycles. The highest BCUT2D eigenvalue weighted by molar-refractivity contribution is 7.90. The van der Waals surface area contributed by atoms with Crippen LogP contribution >= 0.6 is 0 Å². The van der Waals surface area contributed by atoms with Gasteiger partial charge in [-0.15, -0.1) is 0 Å². The number of para-hydroxylation sites is 1. The summed E-state index contributed by atoms with van der Waals surface area (Å²) in [7, 11) is -4.15. The summed E-state index contributed by atoms with van der Waals surface area (Å²) in [6, 6.07) is 10.6. The van der Waals surface area contributed by atoms with Crippen molar-refractivity contribution in [2.75, 3.05) is 0 Å². The van der Waals surface area contributed by atoms with Crippen LogP contribution < -0.4 is 5.73 Å². The normalized spacial score (nSPS) is 11.5. The Hall–Kier alpha value is -3.27. The third-order valence-corrected chi connectivity index (χ3v) is 4.96. The van der Waals surface area contributed by atoms with E-state index in [4.69, 9.17) is 5.73 Å². The summed E-state index contributed by atoms with van der Waals surface area (Å²) in [6.07, 6.45) is 0. The minimum absolute atomic E-state index is 0.170. The average Bonchev–Trinajstić information content (AvgIpc) is 2.95. The topological polar surface area (TPSA) is 138 Å². The monoisotopic (exact) mass is 346 g/mol. The molecule has 3 aromatic rings. The fraction of sp³-hybridized carbons (Fsp3) is 0. The van der Waals surface area contributed by atoms with Crippen LogP contribution in [0.2, 0.25) is 0 Å². The number of nitrogens with zero attached hydrogens (tertiary/aromatic N) is 3. The summed E-state index contributed by atoms with van der Waals surface area (Å²) >= 11 is 0. The summed E-state index contributed by atoms with van der Waals surface area (Å²) in [5.74, 6) is -0.858. The number of aromatic nitrogens is 2. The highest BCUT2D eigenvalue weighted by Crippen LogP contribution is 2.24. The molecule has 0 saturated heterocycles. The predicted molar refractivity (Wildman–Crippen MR) is 83.9 cm³/mol. The van der Waals surface area contributed by atoms with E-state index in [2.05, 4.69) is 5.10 Å². The van der Waals surface area contributed by atoms with E-state index >= 15 is 0 Å². The summed E-state index contributed by atoms with van der Waals surface area (Å²) in [6.45, 7) is 0. The number of nitro groups is 1. The summed E-state index contributed by atoms with van der Waals surface area (Å²) in [4.78, 5) is 21.3. The van der Waals surface area contributed by atoms with Gasteiger partial charge in [-0.05, 0) is 18.2 Å². The van der Waals surface area contributed by atoms with Crippen LogP contribution in [0.4, 0.5) is 5.69 Å². The molecule has 0 atom stereocenters. The first-order chi connectivity index (χ1) is 11.3. The standard InChI is InChI=1S/C14H10N4O5S/c15-14(19)13-11-3-1-2-4-12(11)17(16-13)24(22,23)10-7-5-9(6-8-10)18(20)21/h1-8H,(H2,15,19). The van der Waals surface area contributed by atoms with E-state index in [9.17, 15) is 23.3 Å². The lowest BCUT2D eigenvalue weighted by Gasteiger charge is -2.05. The lowest BCUT2D eigenvalue weighted by Crippen LogP contribution is -2.17. The van der Waals surface area contributed by atoms with E-state index in [1.807, 2.05) is 0 Å². The molecular formula is C14H10N4O5S. The van der Waals surface area contributed by atoms with Gasteiger partial charge >= 0.3 is 0 Å². The van der Waals surface area contributed by atoms with Gasteiger partial charge in [0.05, 0.1) is 15.3 Å². The van der Waals surface area contributed by atoms with Crippen LogP contribution in [0.3, 0.4) is 0 Å². The van der Waals surface area contributed by atoms with Crippen molar-refractivity contribution in [2.45, 2.75) is 4.90 Å². The van der Waals surface area contributed by atoms with Crippen molar-refractivity contribution in [3.63, 3.8) is 0 Å². The van der Waals surface area contributed by atoms with Crippen LogP contribution in [-0.4, -0.2) is 28.4 Å². The molecule has 10 heteroatoms. The van der Waals surface area contributed by atoms with E-state index in [1.165, 1.54) is 12.1 Å². The zero-order chi connectivity index (χ0) is 17.5. The third kappa shape index (κ3) is 2.38. The van der Waals surface area contributed by atoms with Crippen molar-refractivity contribution in [3.8, 4) is 0 Å². The summed E-state index contributed by atoms with van der Waals surface area (Å²) in [5, 5.41) is 14.8. The van der Waals surface area contributed by atoms with E-state index < -0.39 is 20.9 Å². The van der Waals surface area contributed by atoms with Gasteiger partial charge in [-0.3, -0.25) is 14.9 Å². The summed E-state index contributed by atoms with van der Waals surface area (Å²) < 4.78 is 26.2. The van der Waals surface area contributed by atoms with Crippen molar-refractivity contribution in [1.29, 1.82) is 0 Å². The van der Waals surface area contributed by atoms with Gasteiger partial charge in [0.1, 0.15) is 0 Å². The zero-order valence-electron chi connectivity index (χ0n) is 12.0. The fourth-order valence-electron chi connectivity index (χ4n) is 2.24. The maximum absolute atomic E-state index is 12.7. The van der Waals surface area contributed by atoms with Crippen molar-refractivity contribution < 1.29 is 18.1 Å². The van der Waals surface area contributed by atoms with Gasteiger partial charge in [0.15, 0.2) is 5.69 Å². The average molecular weight is 346 g/mol. The van der Waals surface area contributed by atoms with Crippen molar-refractivity contribution in [2.24, 2.45) is 5.73 Å². The third-order valence-electron chi connectivity index (χ3n) is 3.36. The Morgan fingerprint density at radius 3 is 2.33 bits per heavy atom. The second-order valence-corrected chi connectivity index (χ2v) is 6.60. The maximum Gasteiger partial charge on any atom is 0.283 e. The number of primary amides is 1. The molecule has 0 bridgehead atoms. The van der Waals surface area contributed by atoms with Crippen LogP contribution in [0, 0.1) is 10.1 Å². The van der Waals surface area contributed by atoms with Gasteiger partial charge < -0.3 is 5.73 Å². The second-order valence-electron chi connectivity index (χ2n) is 4.83. The number of carbonyl (C=O) groups is 1. The van der Waals surface area contributed by atoms with Gasteiger partial charge in [0, 0.05) is 17.5 Å². The molecule has 0 unspecified atom stereocenters. The number of nitrogens with two attached hydrogens (primary N) is 1. The van der Waals surface area contributed by atoms with E-state index in [0.29, 0.717) is 9.47 Å². The maximum atomic E-state index is 12.7. The number of hydrogen-bond donors (Lipinski definition) is 1. The minimum Gasteiger partial charge on any atom is -0.364 e. The number of fused-ring (bicyclic) bond motifs is 1. The lowest BCUT2D eigenvalue weighted by molar-refractivity contribution is -0.384. The lowest BCUT2D eigenvalue weighted by atomic mass is 10.2. The molecule has 0 radical (unpaired) electrons. The number of nitro benzene ring substituents is 1. The van der Waals surface area contributed by atoms with Crippen molar-refractivity contribution in [1.82, 2.24) is 9.19 Å². The molecule has 0 spiro atoms. The molecule has 0 aliphatic rings. The Morgan fingerprint density at radius 1 is 1.12 bits per heavy atom. The molecule has 1 heterocycles. The minimum atomic E-state index is -4.15. The summed E-state index contributed by atoms with van der Waals surface area (Å²) in [5.41, 5.74) is 5.02. The van der Waals surface area contributed by atoms with Gasteiger partial charge in [-0.1, -0.05) is 18.2 Å². The first kappa shape index (κ1) is 15.6. The molecule has 3 rings (SSSR count). The number of benzene rings is 2. The van der Waals surface area contributed by atoms with Crippen LogP contribution in [0.5, 0.6) is 0 Å². The van der Waals surface area contributed by atoms with Gasteiger partial charge in [0.2, 0.25) is 0 Å². The number of hydrogen-bond acceptors (Lipinski definition) is 6. The first-order valence-electron chi connectivity index (χ1n) is 6.60. The Kier molecular flexibility index (Phi) is 3.53. The quantitative estimate of drug-likeness (QED) is 0.558. The van der Waals surface area contributed by atoms with E-state index in [1.54, 1.807) is 12.1 Å². The molecule has 1 amide bonds. The van der Waals surface area contributed by atoms with Crippen LogP contribution in [0.25, 0.3) is 10.9 Å². The van der Waals surface area contributed by atoms with Crippen LogP contribution in [-0.2, 0) is 10.0 Å². The molecule has 2 N–H and O–H groups in total. The Labute approximate surface area is 135 Å². The SMILES string of the molecule is NC(=O)c1nn(S(=O)(=O)c2ccc([N+](=O)[O-])cc2)c2ccccc12. The number of carbonyl (C=O) groups excluding carboxylic acids is 1. The molecule has 24 heavy (non-hydrogen) atoms. The molecule has 0 aliphatic carbocycles. The Balaban J connectivity index is 2.22. The van der Waals surface area contributed by atoms with Crippen molar-refractivity contribution >= 4 is 32.5 Å². The van der Waals surface area contributed by atoms with Crippen LogP contribution in [0.15, 0.2) is 53.4 Å². The Morgan fingerprint density at radius 2 is 1.75 bits per heavy atom. The molecule has 0 fully saturated rings. The fourth-order valence-corrected chi connectivity index (χ4v) is 3.53. The molecule has 0 aliphatic heterocycles. The largest absolute Gasteiger partial charge is 0.364 e. The smallest absolute Gasteiger partial charge is 0.283 e. The zero-order valence-corrected chi connectivity index (χ0v) is 12.8. The highest BCUT2D eigenvalue weighted by Gasteiger charge is 2.25. The number of non-ortho nitro benzene ring substituents is 1. The second kappa shape index (κ2) is 5.42. The van der Waals surface area contributed by atoms with Gasteiger partial charge in [-0.25, -0.2) is 0 Å². The number of rotatable bonds is 4. The Bertz CT molecular complexity index is 1070. The number of amides is 1. The first-order valence-corrected chi connectivity index (χ1v) is 8.04. The molecule has 2 aromatic carbocycles. The van der Waals surface area contributed by atoms with Gasteiger partial charge in [0.25, 0.3) is 21.6 Å². The molecule has 122 valence electrons. The predicted octanol–water partition coefficient (Wildman–Crippen LogP) is 1.28. The highest BCUT2D eigenvalue weighted by atomic mass is 32.2. The molecule has 9 nitrogen and oxygen atoms in total. The van der Waals surface area contributed by atoms with E-state index in [0.717, 1.165) is 24.3 Å². The van der Waals surface area contributed by atoms with E-state index in [-0.39, 0.29) is 21.8 Å². The van der Waals surface area contributed by atoms with Crippen molar-refractivity contribution in [3.05, 3.63) is 64.3 Å². The van der Waals surface area contributed by atoms with Crippen LogP contribution in [0.1, 0.15) is 10.5 Å². The van der Waals surface area contributed by atoms with Gasteiger partial charge in [-0.2, -0.15) is 17.6 Å².